The highest BCUT2D eigenvalue weighted by atomic mass is 32.1. The van der Waals surface area contributed by atoms with Crippen LogP contribution in [0.2, 0.25) is 0 Å². The first-order valence-electron chi connectivity index (χ1n) is 6.23. The Hall–Kier alpha value is -1.20. The number of likely N-dealkylation sites (tertiary alicyclic amines) is 1. The lowest BCUT2D eigenvalue weighted by atomic mass is 10.0. The molecule has 2 heterocycles. The van der Waals surface area contributed by atoms with E-state index in [4.69, 9.17) is 0 Å². The lowest BCUT2D eigenvalue weighted by Gasteiger charge is -2.30. The first kappa shape index (κ1) is 13.2. The number of hydrogen-bond donors (Lipinski definition) is 1. The van der Waals surface area contributed by atoms with Crippen LogP contribution in [-0.4, -0.2) is 29.8 Å². The Labute approximate surface area is 111 Å². The number of rotatable bonds is 4. The molecule has 1 saturated heterocycles. The second-order valence-corrected chi connectivity index (χ2v) is 5.50. The molecule has 0 saturated carbocycles. The summed E-state index contributed by atoms with van der Waals surface area (Å²) >= 11 is 1.69. The Bertz CT molecular complexity index is 430. The van der Waals surface area contributed by atoms with Crippen molar-refractivity contribution in [1.82, 2.24) is 10.2 Å². The van der Waals surface area contributed by atoms with Crippen LogP contribution in [0.5, 0.6) is 0 Å². The van der Waals surface area contributed by atoms with Crippen LogP contribution < -0.4 is 5.32 Å². The number of imide groups is 1. The van der Waals surface area contributed by atoms with Gasteiger partial charge in [0.05, 0.1) is 6.04 Å². The standard InChI is InChI=1S/C13H18N2O2S/c1-3-9(11-5-4-8-18-11)14-10-6-7-12(16)15(2)13(10)17/h4-5,8-10,14H,3,6-7H2,1-2H3. The predicted octanol–water partition coefficient (Wildman–Crippen LogP) is 1.94. The van der Waals surface area contributed by atoms with Gasteiger partial charge < -0.3 is 0 Å². The summed E-state index contributed by atoms with van der Waals surface area (Å²) in [5.41, 5.74) is 0. The number of nitrogens with zero attached hydrogens (tertiary/aromatic N) is 1. The number of hydrogen-bond acceptors (Lipinski definition) is 4. The van der Waals surface area contributed by atoms with Crippen molar-refractivity contribution in [3.8, 4) is 0 Å². The summed E-state index contributed by atoms with van der Waals surface area (Å²) in [6.45, 7) is 2.10. The highest BCUT2D eigenvalue weighted by Gasteiger charge is 2.32. The number of thiophene rings is 1. The molecule has 5 heteroatoms. The molecule has 0 aliphatic carbocycles. The van der Waals surface area contributed by atoms with Crippen LogP contribution in [0.25, 0.3) is 0 Å². The molecule has 2 atom stereocenters. The van der Waals surface area contributed by atoms with Gasteiger partial charge in [0.2, 0.25) is 11.8 Å². The first-order chi connectivity index (χ1) is 8.63. The molecule has 0 bridgehead atoms. The number of nitrogens with one attached hydrogen (secondary N) is 1. The van der Waals surface area contributed by atoms with Crippen LogP contribution in [0.1, 0.15) is 37.1 Å². The van der Waals surface area contributed by atoms with Gasteiger partial charge in [-0.05, 0) is 24.3 Å². The molecule has 0 spiro atoms. The van der Waals surface area contributed by atoms with Crippen LogP contribution >= 0.6 is 11.3 Å². The SMILES string of the molecule is CCC(NC1CCC(=O)N(C)C1=O)c1cccs1. The fraction of sp³-hybridized carbons (Fsp3) is 0.538. The van der Waals surface area contributed by atoms with Crippen LogP contribution in [0, 0.1) is 0 Å². The van der Waals surface area contributed by atoms with Crippen molar-refractivity contribution in [1.29, 1.82) is 0 Å². The molecule has 1 aliphatic rings. The van der Waals surface area contributed by atoms with Crippen molar-refractivity contribution in [3.05, 3.63) is 22.4 Å². The Morgan fingerprint density at radius 1 is 1.56 bits per heavy atom. The summed E-state index contributed by atoms with van der Waals surface area (Å²) < 4.78 is 0. The van der Waals surface area contributed by atoms with Gasteiger partial charge in [-0.25, -0.2) is 0 Å². The van der Waals surface area contributed by atoms with E-state index in [0.29, 0.717) is 12.8 Å². The average molecular weight is 266 g/mol. The Morgan fingerprint density at radius 3 is 2.94 bits per heavy atom. The molecule has 1 fully saturated rings. The third-order valence-electron chi connectivity index (χ3n) is 3.35. The molecule has 1 aromatic rings. The van der Waals surface area contributed by atoms with Gasteiger partial charge in [-0.1, -0.05) is 13.0 Å². The van der Waals surface area contributed by atoms with E-state index in [1.165, 1.54) is 9.78 Å². The van der Waals surface area contributed by atoms with Crippen LogP contribution in [0.3, 0.4) is 0 Å². The fourth-order valence-electron chi connectivity index (χ4n) is 2.20. The van der Waals surface area contributed by atoms with Gasteiger partial charge in [0, 0.05) is 24.4 Å². The maximum absolute atomic E-state index is 12.0. The summed E-state index contributed by atoms with van der Waals surface area (Å²) in [4.78, 5) is 25.9. The zero-order valence-corrected chi connectivity index (χ0v) is 11.5. The minimum absolute atomic E-state index is 0.0813. The fourth-order valence-corrected chi connectivity index (χ4v) is 3.07. The van der Waals surface area contributed by atoms with E-state index in [-0.39, 0.29) is 23.9 Å². The largest absolute Gasteiger partial charge is 0.298 e. The molecule has 2 unspecified atom stereocenters. The van der Waals surface area contributed by atoms with E-state index in [0.717, 1.165) is 6.42 Å². The van der Waals surface area contributed by atoms with E-state index < -0.39 is 0 Å². The maximum Gasteiger partial charge on any atom is 0.246 e. The molecular weight excluding hydrogens is 248 g/mol. The third-order valence-corrected chi connectivity index (χ3v) is 4.33. The van der Waals surface area contributed by atoms with Crippen LogP contribution in [0.15, 0.2) is 17.5 Å². The van der Waals surface area contributed by atoms with E-state index in [2.05, 4.69) is 18.3 Å². The minimum atomic E-state index is -0.236. The topological polar surface area (TPSA) is 49.4 Å². The highest BCUT2D eigenvalue weighted by Crippen LogP contribution is 2.24. The smallest absolute Gasteiger partial charge is 0.246 e. The van der Waals surface area contributed by atoms with Crippen molar-refractivity contribution in [2.24, 2.45) is 0 Å². The molecule has 1 N–H and O–H groups in total. The molecule has 4 nitrogen and oxygen atoms in total. The van der Waals surface area contributed by atoms with Gasteiger partial charge >= 0.3 is 0 Å². The van der Waals surface area contributed by atoms with E-state index in [9.17, 15) is 9.59 Å². The molecule has 0 aromatic carbocycles. The lowest BCUT2D eigenvalue weighted by Crippen LogP contribution is -2.52. The number of carbonyl (C=O) groups is 2. The summed E-state index contributed by atoms with van der Waals surface area (Å²) in [7, 11) is 1.56. The molecule has 0 radical (unpaired) electrons. The Kier molecular flexibility index (Phi) is 4.14. The van der Waals surface area contributed by atoms with Gasteiger partial charge in [0.1, 0.15) is 0 Å². The first-order valence-corrected chi connectivity index (χ1v) is 7.11. The summed E-state index contributed by atoms with van der Waals surface area (Å²) in [5, 5.41) is 5.42. The maximum atomic E-state index is 12.0. The van der Waals surface area contributed by atoms with Crippen LogP contribution in [0.4, 0.5) is 0 Å². The molecule has 2 rings (SSSR count). The minimum Gasteiger partial charge on any atom is -0.298 e. The molecule has 98 valence electrons. The second kappa shape index (κ2) is 5.63. The normalized spacial score (nSPS) is 22.3. The third kappa shape index (κ3) is 2.62. The molecule has 18 heavy (non-hydrogen) atoms. The number of piperidine rings is 1. The summed E-state index contributed by atoms with van der Waals surface area (Å²) in [5.74, 6) is -0.191. The van der Waals surface area contributed by atoms with Gasteiger partial charge in [-0.3, -0.25) is 19.8 Å². The van der Waals surface area contributed by atoms with Crippen molar-refractivity contribution in [3.63, 3.8) is 0 Å². The van der Waals surface area contributed by atoms with Crippen molar-refractivity contribution in [2.45, 2.75) is 38.3 Å². The van der Waals surface area contributed by atoms with Crippen molar-refractivity contribution in [2.75, 3.05) is 7.05 Å². The van der Waals surface area contributed by atoms with Crippen molar-refractivity contribution < 1.29 is 9.59 Å². The van der Waals surface area contributed by atoms with Gasteiger partial charge in [-0.15, -0.1) is 11.3 Å². The van der Waals surface area contributed by atoms with Gasteiger partial charge in [-0.2, -0.15) is 0 Å². The Morgan fingerprint density at radius 2 is 2.33 bits per heavy atom. The predicted molar refractivity (Wildman–Crippen MR) is 71.3 cm³/mol. The Balaban J connectivity index is 2.04. The zero-order valence-electron chi connectivity index (χ0n) is 10.7. The lowest BCUT2D eigenvalue weighted by molar-refractivity contribution is -0.148. The zero-order chi connectivity index (χ0) is 13.1. The van der Waals surface area contributed by atoms with E-state index in [1.807, 2.05) is 11.4 Å². The van der Waals surface area contributed by atoms with Gasteiger partial charge in [0.15, 0.2) is 0 Å². The quantitative estimate of drug-likeness (QED) is 0.847. The number of likely N-dealkylation sites (N-methyl/N-ethyl adjacent to an activating group) is 1. The summed E-state index contributed by atoms with van der Waals surface area (Å²) in [6.07, 6.45) is 1.98. The molecule has 2 amide bonds. The average Bonchev–Trinajstić information content (AvgIpc) is 2.89. The molecule has 1 aliphatic heterocycles. The van der Waals surface area contributed by atoms with Gasteiger partial charge in [0.25, 0.3) is 0 Å². The van der Waals surface area contributed by atoms with Crippen molar-refractivity contribution >= 4 is 23.2 Å². The van der Waals surface area contributed by atoms with E-state index >= 15 is 0 Å². The van der Waals surface area contributed by atoms with E-state index in [1.54, 1.807) is 18.4 Å². The second-order valence-electron chi connectivity index (χ2n) is 4.53. The number of carbonyl (C=O) groups excluding carboxylic acids is 2. The molecule has 1 aromatic heterocycles. The monoisotopic (exact) mass is 266 g/mol. The summed E-state index contributed by atoms with van der Waals surface area (Å²) in [6, 6.07) is 4.05. The number of amides is 2. The highest BCUT2D eigenvalue weighted by molar-refractivity contribution is 7.10. The van der Waals surface area contributed by atoms with Crippen LogP contribution in [-0.2, 0) is 9.59 Å². The molecular formula is C13H18N2O2S.